The largest absolute Gasteiger partial charge is 0.435 e. The van der Waals surface area contributed by atoms with Crippen LogP contribution >= 0.6 is 11.3 Å². The number of nitrogens with one attached hydrogen (secondary N) is 1. The van der Waals surface area contributed by atoms with Crippen molar-refractivity contribution in [2.45, 2.75) is 12.6 Å². The molecule has 0 unspecified atom stereocenters. The molecule has 0 spiro atoms. The van der Waals surface area contributed by atoms with Crippen LogP contribution in [0.3, 0.4) is 0 Å². The number of carbonyl (C=O) groups excluding carboxylic acids is 1. The molecule has 1 N–H and O–H groups in total. The van der Waals surface area contributed by atoms with Crippen LogP contribution in [0.15, 0.2) is 30.3 Å². The molecular formula is C16H16F3N3OS. The molecule has 24 heavy (non-hydrogen) atoms. The topological polar surface area (TPSA) is 45.2 Å². The van der Waals surface area contributed by atoms with Crippen molar-refractivity contribution in [2.24, 2.45) is 0 Å². The van der Waals surface area contributed by atoms with Gasteiger partial charge in [0.05, 0.1) is 0 Å². The summed E-state index contributed by atoms with van der Waals surface area (Å²) in [5.41, 5.74) is -0.516. The Balaban J connectivity index is 1.99. The molecule has 0 saturated carbocycles. The van der Waals surface area contributed by atoms with E-state index < -0.39 is 17.8 Å². The van der Waals surface area contributed by atoms with Gasteiger partial charge in [-0.2, -0.15) is 13.2 Å². The predicted octanol–water partition coefficient (Wildman–Crippen LogP) is 3.26. The molecule has 0 radical (unpaired) electrons. The Morgan fingerprint density at radius 1 is 1.17 bits per heavy atom. The molecule has 1 aromatic carbocycles. The summed E-state index contributed by atoms with van der Waals surface area (Å²) in [6.45, 7) is 2.18. The van der Waals surface area contributed by atoms with E-state index in [0.717, 1.165) is 24.3 Å². The van der Waals surface area contributed by atoms with E-state index >= 15 is 0 Å². The molecule has 128 valence electrons. The molecule has 4 nitrogen and oxygen atoms in total. The summed E-state index contributed by atoms with van der Waals surface area (Å²) in [6, 6.07) is 8.60. The number of hydrogen-bond acceptors (Lipinski definition) is 4. The molecule has 8 heteroatoms. The molecular weight excluding hydrogens is 339 g/mol. The van der Waals surface area contributed by atoms with Crippen LogP contribution in [0.2, 0.25) is 0 Å². The summed E-state index contributed by atoms with van der Waals surface area (Å²) < 4.78 is 40.0. The lowest BCUT2D eigenvalue weighted by atomic mass is 10.2. The van der Waals surface area contributed by atoms with Crippen LogP contribution in [0.25, 0.3) is 10.6 Å². The van der Waals surface area contributed by atoms with Crippen LogP contribution in [0.4, 0.5) is 13.2 Å². The van der Waals surface area contributed by atoms with Crippen molar-refractivity contribution < 1.29 is 18.0 Å². The van der Waals surface area contributed by atoms with Gasteiger partial charge in [0, 0.05) is 25.2 Å². The van der Waals surface area contributed by atoms with Crippen molar-refractivity contribution in [1.29, 1.82) is 0 Å². The first-order valence-electron chi connectivity index (χ1n) is 7.60. The highest BCUT2D eigenvalue weighted by Gasteiger charge is 2.40. The summed E-state index contributed by atoms with van der Waals surface area (Å²) in [6.07, 6.45) is -3.93. The van der Waals surface area contributed by atoms with Crippen molar-refractivity contribution in [1.82, 2.24) is 15.2 Å². The predicted molar refractivity (Wildman–Crippen MR) is 85.9 cm³/mol. The van der Waals surface area contributed by atoms with Gasteiger partial charge in [-0.25, -0.2) is 4.98 Å². The molecule has 1 saturated heterocycles. The van der Waals surface area contributed by atoms with Gasteiger partial charge in [-0.15, -0.1) is 11.3 Å². The Hall–Kier alpha value is -1.93. The summed E-state index contributed by atoms with van der Waals surface area (Å²) in [4.78, 5) is 17.5. The first-order chi connectivity index (χ1) is 11.5. The lowest BCUT2D eigenvalue weighted by Gasteiger charge is -2.19. The highest BCUT2D eigenvalue weighted by molar-refractivity contribution is 7.17. The average Bonchev–Trinajstić information content (AvgIpc) is 2.85. The van der Waals surface area contributed by atoms with E-state index in [1.165, 1.54) is 4.90 Å². The van der Waals surface area contributed by atoms with Gasteiger partial charge in [-0.1, -0.05) is 30.3 Å². The zero-order valence-electron chi connectivity index (χ0n) is 12.8. The first kappa shape index (κ1) is 16.9. The average molecular weight is 355 g/mol. The maximum Gasteiger partial charge on any atom is 0.435 e. The van der Waals surface area contributed by atoms with E-state index in [1.807, 2.05) is 0 Å². The van der Waals surface area contributed by atoms with E-state index in [-0.39, 0.29) is 9.88 Å². The van der Waals surface area contributed by atoms with Gasteiger partial charge in [-0.3, -0.25) is 4.79 Å². The number of halogens is 3. The fourth-order valence-electron chi connectivity index (χ4n) is 2.55. The number of hydrogen-bond donors (Lipinski definition) is 1. The Labute approximate surface area is 141 Å². The van der Waals surface area contributed by atoms with Gasteiger partial charge in [0.1, 0.15) is 9.88 Å². The molecule has 1 fully saturated rings. The number of aromatic nitrogens is 1. The maximum absolute atomic E-state index is 13.3. The minimum Gasteiger partial charge on any atom is -0.337 e. The minimum absolute atomic E-state index is 0.208. The Morgan fingerprint density at radius 2 is 1.92 bits per heavy atom. The SMILES string of the molecule is O=C(c1sc(-c2ccccc2)nc1C(F)(F)F)N1CCCNCC1. The summed E-state index contributed by atoms with van der Waals surface area (Å²) >= 11 is 0.805. The van der Waals surface area contributed by atoms with Gasteiger partial charge in [-0.05, 0) is 13.0 Å². The van der Waals surface area contributed by atoms with E-state index in [0.29, 0.717) is 25.2 Å². The summed E-state index contributed by atoms with van der Waals surface area (Å²) in [7, 11) is 0. The van der Waals surface area contributed by atoms with E-state index in [9.17, 15) is 18.0 Å². The second-order valence-corrected chi connectivity index (χ2v) is 6.46. The molecule has 2 aromatic rings. The summed E-state index contributed by atoms with van der Waals surface area (Å²) in [5.74, 6) is -0.592. The van der Waals surface area contributed by atoms with Gasteiger partial charge < -0.3 is 10.2 Å². The third kappa shape index (κ3) is 3.59. The highest BCUT2D eigenvalue weighted by Crippen LogP contribution is 2.38. The van der Waals surface area contributed by atoms with Gasteiger partial charge in [0.15, 0.2) is 5.69 Å². The molecule has 1 aromatic heterocycles. The highest BCUT2D eigenvalue weighted by atomic mass is 32.1. The van der Waals surface area contributed by atoms with Crippen molar-refractivity contribution in [3.8, 4) is 10.6 Å². The quantitative estimate of drug-likeness (QED) is 0.899. The van der Waals surface area contributed by atoms with Crippen LogP contribution in [0.1, 0.15) is 21.8 Å². The second-order valence-electron chi connectivity index (χ2n) is 5.46. The van der Waals surface area contributed by atoms with Crippen molar-refractivity contribution in [3.05, 3.63) is 40.9 Å². The van der Waals surface area contributed by atoms with Crippen LogP contribution in [0, 0.1) is 0 Å². The van der Waals surface area contributed by atoms with Crippen molar-refractivity contribution >= 4 is 17.2 Å². The van der Waals surface area contributed by atoms with E-state index in [2.05, 4.69) is 10.3 Å². The van der Waals surface area contributed by atoms with Crippen LogP contribution in [0.5, 0.6) is 0 Å². The molecule has 1 amide bonds. The van der Waals surface area contributed by atoms with Crippen LogP contribution < -0.4 is 5.32 Å². The Morgan fingerprint density at radius 3 is 2.62 bits per heavy atom. The van der Waals surface area contributed by atoms with E-state index in [1.54, 1.807) is 30.3 Å². The number of carbonyl (C=O) groups is 1. The minimum atomic E-state index is -4.65. The molecule has 2 heterocycles. The normalized spacial score (nSPS) is 16.0. The summed E-state index contributed by atoms with van der Waals surface area (Å²) in [5, 5.41) is 3.34. The van der Waals surface area contributed by atoms with Crippen LogP contribution in [-0.4, -0.2) is 42.0 Å². The first-order valence-corrected chi connectivity index (χ1v) is 8.42. The number of benzene rings is 1. The lowest BCUT2D eigenvalue weighted by Crippen LogP contribution is -2.34. The van der Waals surface area contributed by atoms with Gasteiger partial charge in [0.25, 0.3) is 5.91 Å². The van der Waals surface area contributed by atoms with Gasteiger partial charge >= 0.3 is 6.18 Å². The standard InChI is InChI=1S/C16H16F3N3OS/c17-16(18,19)13-12(15(23)22-9-4-7-20-8-10-22)24-14(21-13)11-5-2-1-3-6-11/h1-3,5-6,20H,4,7-10H2. The van der Waals surface area contributed by atoms with Crippen LogP contribution in [-0.2, 0) is 6.18 Å². The van der Waals surface area contributed by atoms with Gasteiger partial charge in [0.2, 0.25) is 0 Å². The Kier molecular flexibility index (Phi) is 4.86. The van der Waals surface area contributed by atoms with Crippen molar-refractivity contribution in [3.63, 3.8) is 0 Å². The molecule has 0 atom stereocenters. The number of nitrogens with zero attached hydrogens (tertiary/aromatic N) is 2. The maximum atomic E-state index is 13.3. The van der Waals surface area contributed by atoms with E-state index in [4.69, 9.17) is 0 Å². The molecule has 1 aliphatic heterocycles. The third-order valence-corrected chi connectivity index (χ3v) is 4.83. The number of alkyl halides is 3. The number of amides is 1. The zero-order valence-corrected chi connectivity index (χ0v) is 13.6. The molecule has 1 aliphatic rings. The second kappa shape index (κ2) is 6.90. The van der Waals surface area contributed by atoms with Crippen molar-refractivity contribution in [2.75, 3.05) is 26.2 Å². The molecule has 0 bridgehead atoms. The molecule has 0 aliphatic carbocycles. The molecule has 3 rings (SSSR count). The fraction of sp³-hybridized carbons (Fsp3) is 0.375. The third-order valence-electron chi connectivity index (χ3n) is 3.74. The smallest absolute Gasteiger partial charge is 0.337 e. The lowest BCUT2D eigenvalue weighted by molar-refractivity contribution is -0.141. The number of rotatable bonds is 2. The monoisotopic (exact) mass is 355 g/mol. The number of thiazole rings is 1. The Bertz CT molecular complexity index is 707. The fourth-order valence-corrected chi connectivity index (χ4v) is 3.61. The zero-order chi connectivity index (χ0) is 17.2.